The van der Waals surface area contributed by atoms with E-state index in [9.17, 15) is 13.2 Å². The van der Waals surface area contributed by atoms with E-state index in [0.29, 0.717) is 5.69 Å². The van der Waals surface area contributed by atoms with Crippen LogP contribution < -0.4 is 9.37 Å². The summed E-state index contributed by atoms with van der Waals surface area (Å²) in [7, 11) is -2.78. The first kappa shape index (κ1) is 26.3. The highest BCUT2D eigenvalue weighted by Gasteiger charge is 2.33. The quantitative estimate of drug-likeness (QED) is 0.276. The van der Waals surface area contributed by atoms with Gasteiger partial charge in [0.1, 0.15) is 10.7 Å². The van der Waals surface area contributed by atoms with Crippen LogP contribution in [0.1, 0.15) is 31.4 Å². The maximum Gasteiger partial charge on any atom is 0.322 e. The second kappa shape index (κ2) is 11.1. The van der Waals surface area contributed by atoms with Crippen LogP contribution in [-0.4, -0.2) is 51.0 Å². The summed E-state index contributed by atoms with van der Waals surface area (Å²) in [6.07, 6.45) is 1.69. The summed E-state index contributed by atoms with van der Waals surface area (Å²) in [5.74, 6) is -1.17. The minimum atomic E-state index is -4.61. The fourth-order valence-electron chi connectivity index (χ4n) is 4.44. The highest BCUT2D eigenvalue weighted by Crippen LogP contribution is 2.35. The Labute approximate surface area is 218 Å². The molecule has 0 amide bonds. The molecule has 1 aliphatic rings. The molecule has 3 aromatic rings. The molecule has 1 aliphatic heterocycles. The number of thiazole rings is 1. The van der Waals surface area contributed by atoms with E-state index in [2.05, 4.69) is 33.8 Å². The third kappa shape index (κ3) is 5.34. The number of nitrogens with zero attached hydrogens (tertiary/aromatic N) is 4. The van der Waals surface area contributed by atoms with Crippen LogP contribution in [0, 0.1) is 5.82 Å². The van der Waals surface area contributed by atoms with Gasteiger partial charge in [-0.15, -0.1) is 11.3 Å². The number of benzene rings is 2. The van der Waals surface area contributed by atoms with Gasteiger partial charge in [-0.2, -0.15) is 8.42 Å². The molecule has 36 heavy (non-hydrogen) atoms. The Morgan fingerprint density at radius 1 is 1.25 bits per heavy atom. The fraction of sp³-hybridized carbons (Fsp3) is 0.333. The van der Waals surface area contributed by atoms with Gasteiger partial charge in [0.15, 0.2) is 5.82 Å². The Morgan fingerprint density at radius 2 is 1.94 bits per heavy atom. The molecule has 2 aromatic carbocycles. The van der Waals surface area contributed by atoms with E-state index in [1.165, 1.54) is 16.5 Å². The number of likely N-dealkylation sites (tertiary alicyclic amines) is 1. The van der Waals surface area contributed by atoms with Crippen LogP contribution in [0.25, 0.3) is 0 Å². The van der Waals surface area contributed by atoms with Gasteiger partial charge in [-0.25, -0.2) is 9.37 Å². The van der Waals surface area contributed by atoms with Crippen molar-refractivity contribution in [2.75, 3.05) is 29.5 Å². The van der Waals surface area contributed by atoms with E-state index in [4.69, 9.17) is 11.6 Å². The number of rotatable bonds is 9. The van der Waals surface area contributed by atoms with Crippen LogP contribution >= 0.6 is 22.9 Å². The number of piperidine rings is 1. The molecule has 1 atom stereocenters. The molecular formula is C24H26ClFN4O4S2. The third-order valence-electron chi connectivity index (χ3n) is 6.50. The number of carbonyl (C=O) groups excluding carboxylic acids is 1. The van der Waals surface area contributed by atoms with Crippen molar-refractivity contribution in [3.8, 4) is 0 Å². The number of aromatic nitrogens is 1. The molecule has 0 bridgehead atoms. The van der Waals surface area contributed by atoms with Gasteiger partial charge in [-0.05, 0) is 31.4 Å². The predicted octanol–water partition coefficient (Wildman–Crippen LogP) is 4.88. The van der Waals surface area contributed by atoms with Crippen molar-refractivity contribution >= 4 is 50.9 Å². The van der Waals surface area contributed by atoms with Crippen LogP contribution in [0.5, 0.6) is 0 Å². The standard InChI is InChI=1S/C24H26ClFN4O4S2/c1-17(18-6-4-3-5-7-18)29-10-8-19(9-11-29)28(2)22-13-21(26)23(12-20(22)25)36(32,33)30(34-16-31)24-14-35-15-27-24/h3-7,12-17,19H,8-11H2,1-2H3/t17-/m1/s1. The van der Waals surface area contributed by atoms with E-state index in [0.717, 1.165) is 49.4 Å². The SMILES string of the molecule is C[C@H](c1ccccc1)N1CCC(N(C)c2cc(F)c(S(=O)(=O)N(OC=O)c3cscn3)cc2Cl)CC1. The first-order valence-corrected chi connectivity index (χ1v) is 14.0. The zero-order chi connectivity index (χ0) is 25.9. The van der Waals surface area contributed by atoms with E-state index in [1.54, 1.807) is 0 Å². The number of halogens is 2. The molecule has 0 spiro atoms. The molecule has 0 radical (unpaired) electrons. The lowest BCUT2D eigenvalue weighted by Gasteiger charge is -2.40. The zero-order valence-electron chi connectivity index (χ0n) is 19.8. The zero-order valence-corrected chi connectivity index (χ0v) is 22.1. The first-order chi connectivity index (χ1) is 17.2. The summed E-state index contributed by atoms with van der Waals surface area (Å²) < 4.78 is 41.6. The highest BCUT2D eigenvalue weighted by atomic mass is 35.5. The van der Waals surface area contributed by atoms with Crippen molar-refractivity contribution in [2.24, 2.45) is 0 Å². The van der Waals surface area contributed by atoms with Gasteiger partial charge < -0.3 is 9.74 Å². The molecule has 0 unspecified atom stereocenters. The van der Waals surface area contributed by atoms with Gasteiger partial charge in [-0.1, -0.05) is 46.4 Å². The Kier molecular flexibility index (Phi) is 8.13. The largest absolute Gasteiger partial charge is 0.370 e. The molecule has 1 fully saturated rings. The van der Waals surface area contributed by atoms with Crippen molar-refractivity contribution in [2.45, 2.75) is 36.7 Å². The maximum absolute atomic E-state index is 15.2. The highest BCUT2D eigenvalue weighted by molar-refractivity contribution is 7.92. The van der Waals surface area contributed by atoms with Crippen molar-refractivity contribution in [3.05, 3.63) is 69.8 Å². The molecule has 1 saturated heterocycles. The number of hydrogen-bond donors (Lipinski definition) is 0. The molecular weight excluding hydrogens is 527 g/mol. The number of sulfonamides is 1. The average molecular weight is 553 g/mol. The second-order valence-electron chi connectivity index (χ2n) is 8.48. The Bertz CT molecular complexity index is 1290. The minimum Gasteiger partial charge on any atom is -0.370 e. The van der Waals surface area contributed by atoms with Gasteiger partial charge >= 0.3 is 6.47 Å². The summed E-state index contributed by atoms with van der Waals surface area (Å²) in [5.41, 5.74) is 3.01. The van der Waals surface area contributed by atoms with E-state index < -0.39 is 20.7 Å². The molecule has 1 aromatic heterocycles. The average Bonchev–Trinajstić information content (AvgIpc) is 3.42. The van der Waals surface area contributed by atoms with Crippen molar-refractivity contribution in [1.29, 1.82) is 0 Å². The minimum absolute atomic E-state index is 0.0659. The van der Waals surface area contributed by atoms with Crippen LogP contribution in [-0.2, 0) is 19.7 Å². The lowest BCUT2D eigenvalue weighted by atomic mass is 9.99. The van der Waals surface area contributed by atoms with Gasteiger partial charge in [0.2, 0.25) is 0 Å². The topological polar surface area (TPSA) is 83.0 Å². The van der Waals surface area contributed by atoms with Gasteiger partial charge in [0.05, 0.1) is 16.2 Å². The van der Waals surface area contributed by atoms with Crippen molar-refractivity contribution < 1.29 is 22.4 Å². The lowest BCUT2D eigenvalue weighted by Crippen LogP contribution is -2.44. The van der Waals surface area contributed by atoms with E-state index in [1.807, 2.05) is 30.1 Å². The molecule has 12 heteroatoms. The lowest BCUT2D eigenvalue weighted by molar-refractivity contribution is -0.128. The normalized spacial score (nSPS) is 15.9. The third-order valence-corrected chi connectivity index (χ3v) is 8.95. The molecule has 4 rings (SSSR count). The van der Waals surface area contributed by atoms with E-state index in [-0.39, 0.29) is 33.9 Å². The summed E-state index contributed by atoms with van der Waals surface area (Å²) in [6, 6.07) is 12.9. The Morgan fingerprint density at radius 3 is 2.56 bits per heavy atom. The molecule has 192 valence electrons. The molecule has 0 saturated carbocycles. The fourth-order valence-corrected chi connectivity index (χ4v) is 6.63. The summed E-state index contributed by atoms with van der Waals surface area (Å²) in [5, 5.41) is 1.43. The summed E-state index contributed by atoms with van der Waals surface area (Å²) in [6.45, 7) is 3.85. The summed E-state index contributed by atoms with van der Waals surface area (Å²) in [4.78, 5) is 23.0. The van der Waals surface area contributed by atoms with Crippen LogP contribution in [0.3, 0.4) is 0 Å². The van der Waals surface area contributed by atoms with Gasteiger partial charge in [0, 0.05) is 43.7 Å². The predicted molar refractivity (Wildman–Crippen MR) is 138 cm³/mol. The number of anilines is 2. The molecule has 8 nitrogen and oxygen atoms in total. The van der Waals surface area contributed by atoms with E-state index >= 15 is 4.39 Å². The summed E-state index contributed by atoms with van der Waals surface area (Å²) >= 11 is 7.55. The Balaban J connectivity index is 1.51. The van der Waals surface area contributed by atoms with Crippen LogP contribution in [0.2, 0.25) is 5.02 Å². The van der Waals surface area contributed by atoms with Gasteiger partial charge in [0.25, 0.3) is 10.0 Å². The second-order valence-corrected chi connectivity index (χ2v) is 11.3. The Hall–Kier alpha value is -2.73. The maximum atomic E-state index is 15.2. The molecule has 0 N–H and O–H groups in total. The van der Waals surface area contributed by atoms with Crippen LogP contribution in [0.15, 0.2) is 58.3 Å². The molecule has 0 aliphatic carbocycles. The number of carbonyl (C=O) groups is 1. The van der Waals surface area contributed by atoms with Crippen LogP contribution in [0.4, 0.5) is 15.9 Å². The smallest absolute Gasteiger partial charge is 0.322 e. The van der Waals surface area contributed by atoms with Gasteiger partial charge in [-0.3, -0.25) is 9.69 Å². The van der Waals surface area contributed by atoms with Crippen molar-refractivity contribution in [3.63, 3.8) is 0 Å². The van der Waals surface area contributed by atoms with Crippen molar-refractivity contribution in [1.82, 2.24) is 9.88 Å². The molecule has 2 heterocycles. The number of hydrogen-bond acceptors (Lipinski definition) is 8. The first-order valence-electron chi connectivity index (χ1n) is 11.3. The monoisotopic (exact) mass is 552 g/mol.